The topological polar surface area (TPSA) is 8.17 Å². The summed E-state index contributed by atoms with van der Waals surface area (Å²) in [5, 5.41) is 7.75. The maximum absolute atomic E-state index is 2.46. The Bertz CT molecular complexity index is 3800. The van der Waals surface area contributed by atoms with Crippen LogP contribution in [-0.2, 0) is 5.41 Å². The van der Waals surface area contributed by atoms with Crippen LogP contribution in [0.1, 0.15) is 25.0 Å². The van der Waals surface area contributed by atoms with Crippen molar-refractivity contribution >= 4 is 81.1 Å². The van der Waals surface area contributed by atoms with E-state index in [0.29, 0.717) is 0 Å². The Morgan fingerprint density at radius 1 is 0.391 bits per heavy atom. The van der Waals surface area contributed by atoms with Gasteiger partial charge in [0.05, 0.1) is 11.0 Å². The number of hydrogen-bond acceptors (Lipinski definition) is 2. The number of thiophene rings is 1. The molecule has 0 aliphatic heterocycles. The number of hydrogen-bond donors (Lipinski definition) is 0. The number of rotatable bonds is 6. The number of anilines is 3. The van der Waals surface area contributed by atoms with E-state index < -0.39 is 0 Å². The van der Waals surface area contributed by atoms with Crippen molar-refractivity contribution in [3.63, 3.8) is 0 Å². The molecular weight excluding hydrogens is 793 g/mol. The first-order chi connectivity index (χ1) is 31.5. The molecule has 0 spiro atoms. The largest absolute Gasteiger partial charge is 0.310 e. The molecule has 2 nitrogen and oxygen atoms in total. The molecule has 0 bridgehead atoms. The third kappa shape index (κ3) is 5.64. The Labute approximate surface area is 376 Å². The molecule has 13 rings (SSSR count). The van der Waals surface area contributed by atoms with Gasteiger partial charge in [-0.25, -0.2) is 0 Å². The summed E-state index contributed by atoms with van der Waals surface area (Å²) >= 11 is 1.88. The minimum absolute atomic E-state index is 0.110. The third-order valence-electron chi connectivity index (χ3n) is 13.8. The zero-order valence-corrected chi connectivity index (χ0v) is 36.4. The average Bonchev–Trinajstić information content (AvgIpc) is 3.96. The van der Waals surface area contributed by atoms with Crippen LogP contribution in [0, 0.1) is 0 Å². The molecule has 0 saturated heterocycles. The lowest BCUT2D eigenvalue weighted by Gasteiger charge is -2.28. The van der Waals surface area contributed by atoms with E-state index in [1.165, 1.54) is 97.3 Å². The van der Waals surface area contributed by atoms with Crippen LogP contribution >= 0.6 is 11.3 Å². The number of nitrogens with zero attached hydrogens (tertiary/aromatic N) is 2. The minimum atomic E-state index is -0.110. The van der Waals surface area contributed by atoms with Gasteiger partial charge in [-0.05, 0) is 140 Å². The normalized spacial score (nSPS) is 13.0. The molecule has 0 radical (unpaired) electrons. The van der Waals surface area contributed by atoms with Crippen molar-refractivity contribution in [3.05, 3.63) is 230 Å². The van der Waals surface area contributed by atoms with Crippen LogP contribution in [0.3, 0.4) is 0 Å². The summed E-state index contributed by atoms with van der Waals surface area (Å²) < 4.78 is 5.09. The Kier molecular flexibility index (Phi) is 8.16. The van der Waals surface area contributed by atoms with E-state index in [1.54, 1.807) is 0 Å². The predicted molar refractivity (Wildman–Crippen MR) is 274 cm³/mol. The SMILES string of the molecule is CC1(C)c2ccccc2-c2ccc(N(c3ccc(-c4ccc5c(c4)c4cc6c(ccc7sc8ccccc8c76)cc4n5-c4ccccc4)cc3)c3cccc(-c4ccccc4)c3)cc21. The number of para-hydroxylation sites is 1. The van der Waals surface area contributed by atoms with E-state index in [9.17, 15) is 0 Å². The summed E-state index contributed by atoms with van der Waals surface area (Å²) in [5.41, 5.74) is 17.0. The Morgan fingerprint density at radius 2 is 1.05 bits per heavy atom. The second-order valence-electron chi connectivity index (χ2n) is 17.7. The lowest BCUT2D eigenvalue weighted by atomic mass is 9.82. The molecule has 0 N–H and O–H groups in total. The van der Waals surface area contributed by atoms with Crippen molar-refractivity contribution in [2.24, 2.45) is 0 Å². The molecule has 0 amide bonds. The average molecular weight is 835 g/mol. The molecule has 0 saturated carbocycles. The monoisotopic (exact) mass is 834 g/mol. The van der Waals surface area contributed by atoms with Gasteiger partial charge < -0.3 is 9.47 Å². The summed E-state index contributed by atoms with van der Waals surface area (Å²) in [6.45, 7) is 4.72. The number of benzene rings is 10. The highest BCUT2D eigenvalue weighted by Gasteiger charge is 2.35. The summed E-state index contributed by atoms with van der Waals surface area (Å²) in [4.78, 5) is 2.42. The Morgan fingerprint density at radius 3 is 1.91 bits per heavy atom. The molecule has 12 aromatic rings. The standard InChI is InChI=1S/C61H42N2S/c1-61(2)54-22-11-9-20-48(54)49-31-30-47(37-55(49)61)62(46-19-13-16-41(34-46)39-14-5-3-6-15-39)45-28-24-40(25-29-45)42-26-32-56-52(35-42)53-38-51-43(36-57(53)63(56)44-17-7-4-8-18-44)27-33-59-60(51)50-21-10-12-23-58(50)64-59/h3-38H,1-2H3. The second kappa shape index (κ2) is 14.2. The van der Waals surface area contributed by atoms with Gasteiger partial charge >= 0.3 is 0 Å². The van der Waals surface area contributed by atoms with Gasteiger partial charge in [-0.3, -0.25) is 0 Å². The maximum Gasteiger partial charge on any atom is 0.0547 e. The van der Waals surface area contributed by atoms with Crippen molar-refractivity contribution in [1.82, 2.24) is 4.57 Å². The fourth-order valence-corrected chi connectivity index (χ4v) is 11.8. The van der Waals surface area contributed by atoms with E-state index in [0.717, 1.165) is 22.7 Å². The van der Waals surface area contributed by atoms with Crippen molar-refractivity contribution in [2.45, 2.75) is 19.3 Å². The van der Waals surface area contributed by atoms with Crippen molar-refractivity contribution in [1.29, 1.82) is 0 Å². The van der Waals surface area contributed by atoms with E-state index in [1.807, 2.05) is 11.3 Å². The number of fused-ring (bicyclic) bond motifs is 11. The molecule has 1 aliphatic carbocycles. The van der Waals surface area contributed by atoms with Gasteiger partial charge in [0.1, 0.15) is 0 Å². The van der Waals surface area contributed by atoms with E-state index >= 15 is 0 Å². The molecule has 2 heterocycles. The molecule has 64 heavy (non-hydrogen) atoms. The van der Waals surface area contributed by atoms with Crippen molar-refractivity contribution in [3.8, 4) is 39.1 Å². The van der Waals surface area contributed by atoms with E-state index in [-0.39, 0.29) is 5.41 Å². The molecule has 0 unspecified atom stereocenters. The fraction of sp³-hybridized carbons (Fsp3) is 0.0492. The highest BCUT2D eigenvalue weighted by Crippen LogP contribution is 2.51. The molecule has 0 fully saturated rings. The fourth-order valence-electron chi connectivity index (χ4n) is 10.6. The Hall–Kier alpha value is -7.72. The van der Waals surface area contributed by atoms with Gasteiger partial charge in [0.15, 0.2) is 0 Å². The zero-order chi connectivity index (χ0) is 42.5. The van der Waals surface area contributed by atoms with Crippen LogP contribution in [-0.4, -0.2) is 4.57 Å². The molecule has 3 heteroatoms. The van der Waals surface area contributed by atoms with Gasteiger partial charge in [-0.1, -0.05) is 147 Å². The third-order valence-corrected chi connectivity index (χ3v) is 14.9. The quantitative estimate of drug-likeness (QED) is 0.162. The summed E-state index contributed by atoms with van der Waals surface area (Å²) in [7, 11) is 0. The lowest BCUT2D eigenvalue weighted by molar-refractivity contribution is 0.660. The van der Waals surface area contributed by atoms with E-state index in [4.69, 9.17) is 0 Å². The molecule has 0 atom stereocenters. The smallest absolute Gasteiger partial charge is 0.0547 e. The summed E-state index contributed by atoms with van der Waals surface area (Å²) in [6, 6.07) is 80.9. The molecule has 2 aromatic heterocycles. The predicted octanol–water partition coefficient (Wildman–Crippen LogP) is 17.4. The van der Waals surface area contributed by atoms with Gasteiger partial charge in [0.25, 0.3) is 0 Å². The lowest BCUT2D eigenvalue weighted by Crippen LogP contribution is -2.16. The van der Waals surface area contributed by atoms with E-state index in [2.05, 4.69) is 242 Å². The van der Waals surface area contributed by atoms with Gasteiger partial charge in [0, 0.05) is 59.1 Å². The van der Waals surface area contributed by atoms with Crippen LogP contribution in [0.5, 0.6) is 0 Å². The maximum atomic E-state index is 2.46. The zero-order valence-electron chi connectivity index (χ0n) is 35.6. The van der Waals surface area contributed by atoms with Crippen LogP contribution in [0.15, 0.2) is 218 Å². The van der Waals surface area contributed by atoms with Crippen molar-refractivity contribution in [2.75, 3.05) is 4.90 Å². The summed E-state index contributed by atoms with van der Waals surface area (Å²) in [5.74, 6) is 0. The van der Waals surface area contributed by atoms with Crippen LogP contribution in [0.25, 0.3) is 91.8 Å². The van der Waals surface area contributed by atoms with Crippen LogP contribution < -0.4 is 4.90 Å². The van der Waals surface area contributed by atoms with Gasteiger partial charge in [-0.2, -0.15) is 0 Å². The Balaban J connectivity index is 0.964. The second-order valence-corrected chi connectivity index (χ2v) is 18.8. The highest BCUT2D eigenvalue weighted by molar-refractivity contribution is 7.26. The molecular formula is C61H42N2S. The van der Waals surface area contributed by atoms with Gasteiger partial charge in [0.2, 0.25) is 0 Å². The first-order valence-electron chi connectivity index (χ1n) is 22.2. The van der Waals surface area contributed by atoms with Crippen molar-refractivity contribution < 1.29 is 0 Å². The molecule has 302 valence electrons. The summed E-state index contributed by atoms with van der Waals surface area (Å²) in [6.07, 6.45) is 0. The molecule has 1 aliphatic rings. The number of aromatic nitrogens is 1. The van der Waals surface area contributed by atoms with Gasteiger partial charge in [-0.15, -0.1) is 11.3 Å². The first-order valence-corrected chi connectivity index (χ1v) is 23.0. The highest BCUT2D eigenvalue weighted by atomic mass is 32.1. The molecule has 10 aromatic carbocycles. The minimum Gasteiger partial charge on any atom is -0.310 e. The first kappa shape index (κ1) is 36.9. The van der Waals surface area contributed by atoms with Crippen LogP contribution in [0.2, 0.25) is 0 Å². The van der Waals surface area contributed by atoms with Crippen LogP contribution in [0.4, 0.5) is 17.1 Å².